The summed E-state index contributed by atoms with van der Waals surface area (Å²) in [5.74, 6) is 0.256. The smallest absolute Gasteiger partial charge is 0.258 e. The minimum absolute atomic E-state index is 0.0309. The van der Waals surface area contributed by atoms with Crippen LogP contribution in [0.3, 0.4) is 0 Å². The molecular weight excluding hydrogens is 280 g/mol. The molecule has 1 aromatic rings. The standard InChI is InChI=1S/C14H19ClN2O3/c1-10(2)14(19)17-8-7-16-13(18)9-20-12-5-3-11(15)4-6-12/h3-6,10H,7-9H2,1-2H3,(H,16,18)(H,17,19). The van der Waals surface area contributed by atoms with Crippen molar-refractivity contribution in [2.75, 3.05) is 19.7 Å². The average molecular weight is 299 g/mol. The zero-order valence-electron chi connectivity index (χ0n) is 11.6. The van der Waals surface area contributed by atoms with Gasteiger partial charge in [0, 0.05) is 24.0 Å². The average Bonchev–Trinajstić information content (AvgIpc) is 2.42. The number of carbonyl (C=O) groups is 2. The molecule has 2 N–H and O–H groups in total. The summed E-state index contributed by atoms with van der Waals surface area (Å²) in [4.78, 5) is 22.8. The van der Waals surface area contributed by atoms with E-state index >= 15 is 0 Å². The number of carbonyl (C=O) groups excluding carboxylic acids is 2. The first kappa shape index (κ1) is 16.3. The molecule has 0 aliphatic heterocycles. The number of hydrogen-bond acceptors (Lipinski definition) is 3. The summed E-state index contributed by atoms with van der Waals surface area (Å²) in [6.45, 7) is 4.34. The van der Waals surface area contributed by atoms with Crippen LogP contribution in [0, 0.1) is 5.92 Å². The minimum Gasteiger partial charge on any atom is -0.484 e. The van der Waals surface area contributed by atoms with Crippen LogP contribution in [0.4, 0.5) is 0 Å². The topological polar surface area (TPSA) is 67.4 Å². The quantitative estimate of drug-likeness (QED) is 0.752. The summed E-state index contributed by atoms with van der Waals surface area (Å²) in [5, 5.41) is 5.98. The molecule has 0 aliphatic rings. The normalized spacial score (nSPS) is 10.2. The molecule has 0 radical (unpaired) electrons. The highest BCUT2D eigenvalue weighted by molar-refractivity contribution is 6.30. The molecule has 0 bridgehead atoms. The van der Waals surface area contributed by atoms with Crippen LogP contribution in [0.2, 0.25) is 5.02 Å². The lowest BCUT2D eigenvalue weighted by Crippen LogP contribution is -2.38. The van der Waals surface area contributed by atoms with Crippen molar-refractivity contribution in [1.29, 1.82) is 0 Å². The van der Waals surface area contributed by atoms with E-state index in [1.807, 2.05) is 13.8 Å². The Labute approximate surface area is 123 Å². The van der Waals surface area contributed by atoms with E-state index < -0.39 is 0 Å². The van der Waals surface area contributed by atoms with Crippen molar-refractivity contribution in [3.8, 4) is 5.75 Å². The minimum atomic E-state index is -0.237. The summed E-state index contributed by atoms with van der Waals surface area (Å²) >= 11 is 5.74. The lowest BCUT2D eigenvalue weighted by Gasteiger charge is -2.09. The summed E-state index contributed by atoms with van der Waals surface area (Å²) in [5.41, 5.74) is 0. The number of hydrogen-bond donors (Lipinski definition) is 2. The van der Waals surface area contributed by atoms with E-state index in [9.17, 15) is 9.59 Å². The highest BCUT2D eigenvalue weighted by Crippen LogP contribution is 2.15. The van der Waals surface area contributed by atoms with Gasteiger partial charge in [-0.15, -0.1) is 0 Å². The third kappa shape index (κ3) is 6.43. The maximum absolute atomic E-state index is 11.5. The second-order valence-corrected chi connectivity index (χ2v) is 4.97. The number of nitrogens with one attached hydrogen (secondary N) is 2. The number of rotatable bonds is 7. The van der Waals surface area contributed by atoms with Crippen molar-refractivity contribution >= 4 is 23.4 Å². The molecule has 0 spiro atoms. The molecule has 0 atom stereocenters. The fraction of sp³-hybridized carbons (Fsp3) is 0.429. The lowest BCUT2D eigenvalue weighted by atomic mass is 10.2. The summed E-state index contributed by atoms with van der Waals surface area (Å²) in [6.07, 6.45) is 0. The zero-order valence-corrected chi connectivity index (χ0v) is 12.4. The molecular formula is C14H19ClN2O3. The molecule has 0 fully saturated rings. The predicted molar refractivity (Wildman–Crippen MR) is 77.8 cm³/mol. The molecule has 5 nitrogen and oxygen atoms in total. The number of ether oxygens (including phenoxy) is 1. The summed E-state index contributed by atoms with van der Waals surface area (Å²) in [6, 6.07) is 6.77. The van der Waals surface area contributed by atoms with Gasteiger partial charge in [-0.25, -0.2) is 0 Å². The Morgan fingerprint density at radius 3 is 2.35 bits per heavy atom. The van der Waals surface area contributed by atoms with Crippen molar-refractivity contribution in [3.05, 3.63) is 29.3 Å². The Hall–Kier alpha value is -1.75. The summed E-state index contributed by atoms with van der Waals surface area (Å²) in [7, 11) is 0. The maximum Gasteiger partial charge on any atom is 0.258 e. The Morgan fingerprint density at radius 2 is 1.75 bits per heavy atom. The van der Waals surface area contributed by atoms with Gasteiger partial charge in [0.05, 0.1) is 0 Å². The van der Waals surface area contributed by atoms with E-state index in [4.69, 9.17) is 16.3 Å². The Bertz CT molecular complexity index is 446. The van der Waals surface area contributed by atoms with E-state index in [1.54, 1.807) is 24.3 Å². The highest BCUT2D eigenvalue weighted by atomic mass is 35.5. The molecule has 1 aromatic carbocycles. The Balaban J connectivity index is 2.14. The fourth-order valence-electron chi connectivity index (χ4n) is 1.32. The molecule has 0 unspecified atom stereocenters. The van der Waals surface area contributed by atoms with Crippen molar-refractivity contribution in [2.45, 2.75) is 13.8 Å². The number of amides is 2. The molecule has 1 rings (SSSR count). The van der Waals surface area contributed by atoms with Crippen molar-refractivity contribution < 1.29 is 14.3 Å². The van der Waals surface area contributed by atoms with Gasteiger partial charge < -0.3 is 15.4 Å². The van der Waals surface area contributed by atoms with E-state index in [0.717, 1.165) is 0 Å². The zero-order chi connectivity index (χ0) is 15.0. The lowest BCUT2D eigenvalue weighted by molar-refractivity contribution is -0.125. The molecule has 0 heterocycles. The highest BCUT2D eigenvalue weighted by Gasteiger charge is 2.06. The van der Waals surface area contributed by atoms with Crippen molar-refractivity contribution in [2.24, 2.45) is 5.92 Å². The van der Waals surface area contributed by atoms with Crippen molar-refractivity contribution in [3.63, 3.8) is 0 Å². The van der Waals surface area contributed by atoms with Crippen LogP contribution >= 0.6 is 11.6 Å². The van der Waals surface area contributed by atoms with Crippen LogP contribution in [0.5, 0.6) is 5.75 Å². The van der Waals surface area contributed by atoms with Crippen LogP contribution in [-0.2, 0) is 9.59 Å². The van der Waals surface area contributed by atoms with E-state index in [2.05, 4.69) is 10.6 Å². The first-order valence-electron chi connectivity index (χ1n) is 6.42. The molecule has 110 valence electrons. The van der Waals surface area contributed by atoms with Gasteiger partial charge in [0.15, 0.2) is 6.61 Å². The van der Waals surface area contributed by atoms with E-state index in [-0.39, 0.29) is 24.3 Å². The van der Waals surface area contributed by atoms with Crippen molar-refractivity contribution in [1.82, 2.24) is 10.6 Å². The Morgan fingerprint density at radius 1 is 1.15 bits per heavy atom. The van der Waals surface area contributed by atoms with E-state index in [0.29, 0.717) is 23.9 Å². The van der Waals surface area contributed by atoms with Crippen LogP contribution in [0.25, 0.3) is 0 Å². The van der Waals surface area contributed by atoms with Crippen LogP contribution in [-0.4, -0.2) is 31.5 Å². The van der Waals surface area contributed by atoms with Crippen LogP contribution < -0.4 is 15.4 Å². The first-order valence-corrected chi connectivity index (χ1v) is 6.79. The van der Waals surface area contributed by atoms with Gasteiger partial charge in [-0.1, -0.05) is 25.4 Å². The molecule has 2 amide bonds. The number of benzene rings is 1. The predicted octanol–water partition coefficient (Wildman–Crippen LogP) is 1.61. The molecule has 0 aliphatic carbocycles. The molecule has 20 heavy (non-hydrogen) atoms. The van der Waals surface area contributed by atoms with Gasteiger partial charge in [0.1, 0.15) is 5.75 Å². The SMILES string of the molecule is CC(C)C(=O)NCCNC(=O)COc1ccc(Cl)cc1. The largest absolute Gasteiger partial charge is 0.484 e. The Kier molecular flexibility index (Phi) is 6.87. The van der Waals surface area contributed by atoms with Crippen LogP contribution in [0.15, 0.2) is 24.3 Å². The monoisotopic (exact) mass is 298 g/mol. The molecule has 0 saturated heterocycles. The molecule has 0 aromatic heterocycles. The van der Waals surface area contributed by atoms with Gasteiger partial charge in [-0.3, -0.25) is 9.59 Å². The van der Waals surface area contributed by atoms with E-state index in [1.165, 1.54) is 0 Å². The van der Waals surface area contributed by atoms with Gasteiger partial charge in [-0.2, -0.15) is 0 Å². The van der Waals surface area contributed by atoms with Gasteiger partial charge in [-0.05, 0) is 24.3 Å². The molecule has 0 saturated carbocycles. The van der Waals surface area contributed by atoms with Crippen LogP contribution in [0.1, 0.15) is 13.8 Å². The summed E-state index contributed by atoms with van der Waals surface area (Å²) < 4.78 is 5.28. The van der Waals surface area contributed by atoms with Gasteiger partial charge >= 0.3 is 0 Å². The molecule has 6 heteroatoms. The second-order valence-electron chi connectivity index (χ2n) is 4.54. The third-order valence-electron chi connectivity index (χ3n) is 2.45. The third-order valence-corrected chi connectivity index (χ3v) is 2.71. The second kappa shape index (κ2) is 8.43. The van der Waals surface area contributed by atoms with Gasteiger partial charge in [0.25, 0.3) is 5.91 Å². The number of halogens is 1. The maximum atomic E-state index is 11.5. The van der Waals surface area contributed by atoms with Gasteiger partial charge in [0.2, 0.25) is 5.91 Å². The first-order chi connectivity index (χ1) is 9.49. The fourth-order valence-corrected chi connectivity index (χ4v) is 1.45.